The van der Waals surface area contributed by atoms with Crippen molar-refractivity contribution < 1.29 is 9.18 Å². The van der Waals surface area contributed by atoms with Crippen LogP contribution in [0.2, 0.25) is 0 Å². The zero-order valence-corrected chi connectivity index (χ0v) is 18.2. The van der Waals surface area contributed by atoms with Gasteiger partial charge in [-0.1, -0.05) is 6.07 Å². The lowest BCUT2D eigenvalue weighted by Crippen LogP contribution is -2.24. The molecule has 158 valence electrons. The monoisotopic (exact) mass is 417 g/mol. The van der Waals surface area contributed by atoms with Crippen molar-refractivity contribution in [3.8, 4) is 22.5 Å². The Hall–Kier alpha value is -3.61. The number of carbonyl (C=O) groups is 1. The van der Waals surface area contributed by atoms with Crippen LogP contribution in [0.5, 0.6) is 0 Å². The smallest absolute Gasteiger partial charge is 0.251 e. The highest BCUT2D eigenvalue weighted by Crippen LogP contribution is 2.34. The van der Waals surface area contributed by atoms with Crippen molar-refractivity contribution in [3.63, 3.8) is 0 Å². The summed E-state index contributed by atoms with van der Waals surface area (Å²) in [6.45, 7) is 8.06. The minimum atomic E-state index is -0.470. The van der Waals surface area contributed by atoms with E-state index in [0.29, 0.717) is 17.2 Å². The van der Waals surface area contributed by atoms with E-state index in [0.717, 1.165) is 22.2 Å². The lowest BCUT2D eigenvalue weighted by atomic mass is 10.0. The summed E-state index contributed by atoms with van der Waals surface area (Å²) in [5.74, 6) is 0.488. The zero-order valence-electron chi connectivity index (χ0n) is 18.2. The molecule has 0 unspecified atom stereocenters. The van der Waals surface area contributed by atoms with E-state index in [9.17, 15) is 9.18 Å². The number of hydrogen-bond donors (Lipinski definition) is 1. The van der Waals surface area contributed by atoms with Crippen molar-refractivity contribution in [2.45, 2.75) is 33.2 Å². The molecule has 0 spiro atoms. The van der Waals surface area contributed by atoms with Crippen LogP contribution >= 0.6 is 0 Å². The number of hydrogen-bond acceptors (Lipinski definition) is 4. The lowest BCUT2D eigenvalue weighted by Gasteiger charge is -2.25. The highest BCUT2D eigenvalue weighted by Gasteiger charge is 2.25. The van der Waals surface area contributed by atoms with Crippen LogP contribution in [0.3, 0.4) is 0 Å². The van der Waals surface area contributed by atoms with Gasteiger partial charge in [0.05, 0.1) is 16.6 Å². The normalized spacial score (nSPS) is 11.7. The molecule has 0 aliphatic rings. The Bertz CT molecular complexity index is 1290. The third kappa shape index (κ3) is 3.79. The van der Waals surface area contributed by atoms with E-state index in [1.807, 2.05) is 25.1 Å². The minimum absolute atomic E-state index is 0.246. The van der Waals surface area contributed by atoms with Gasteiger partial charge in [-0.05, 0) is 63.6 Å². The topological polar surface area (TPSA) is 72.7 Å². The molecule has 0 saturated heterocycles. The van der Waals surface area contributed by atoms with E-state index in [4.69, 9.17) is 4.98 Å². The molecule has 0 bridgehead atoms. The highest BCUT2D eigenvalue weighted by molar-refractivity contribution is 6.01. The number of aromatic nitrogens is 4. The van der Waals surface area contributed by atoms with Gasteiger partial charge < -0.3 is 9.88 Å². The molecule has 7 heteroatoms. The van der Waals surface area contributed by atoms with Gasteiger partial charge in [0, 0.05) is 36.1 Å². The summed E-state index contributed by atoms with van der Waals surface area (Å²) in [7, 11) is 1.53. The van der Waals surface area contributed by atoms with Crippen molar-refractivity contribution in [2.75, 3.05) is 7.05 Å². The van der Waals surface area contributed by atoms with Gasteiger partial charge in [0.2, 0.25) is 0 Å². The van der Waals surface area contributed by atoms with Crippen molar-refractivity contribution in [1.82, 2.24) is 24.8 Å². The quantitative estimate of drug-likeness (QED) is 0.523. The summed E-state index contributed by atoms with van der Waals surface area (Å²) in [6, 6.07) is 10.2. The zero-order chi connectivity index (χ0) is 22.3. The minimum Gasteiger partial charge on any atom is -0.355 e. The fourth-order valence-corrected chi connectivity index (χ4v) is 3.70. The first kappa shape index (κ1) is 20.7. The number of carbonyl (C=O) groups excluding carboxylic acids is 1. The highest BCUT2D eigenvalue weighted by atomic mass is 19.1. The molecule has 0 aliphatic carbocycles. The number of aryl methyl sites for hydroxylation is 1. The van der Waals surface area contributed by atoms with Gasteiger partial charge in [0.15, 0.2) is 0 Å². The molecule has 0 radical (unpaired) electrons. The largest absolute Gasteiger partial charge is 0.355 e. The second-order valence-electron chi connectivity index (χ2n) is 8.43. The lowest BCUT2D eigenvalue weighted by molar-refractivity contribution is 0.0963. The van der Waals surface area contributed by atoms with Gasteiger partial charge in [0.25, 0.3) is 5.91 Å². The van der Waals surface area contributed by atoms with E-state index < -0.39 is 5.82 Å². The summed E-state index contributed by atoms with van der Waals surface area (Å²) < 4.78 is 16.0. The molecule has 31 heavy (non-hydrogen) atoms. The molecular formula is C24H24FN5O. The van der Waals surface area contributed by atoms with Crippen LogP contribution in [0, 0.1) is 12.7 Å². The molecule has 4 aromatic rings. The van der Waals surface area contributed by atoms with E-state index in [1.54, 1.807) is 18.5 Å². The summed E-state index contributed by atoms with van der Waals surface area (Å²) in [4.78, 5) is 25.9. The van der Waals surface area contributed by atoms with Gasteiger partial charge >= 0.3 is 0 Å². The third-order valence-electron chi connectivity index (χ3n) is 5.13. The fraction of sp³-hybridized carbons (Fsp3) is 0.250. The first-order chi connectivity index (χ1) is 14.7. The maximum atomic E-state index is 13.9. The molecule has 4 rings (SSSR count). The van der Waals surface area contributed by atoms with Gasteiger partial charge in [-0.2, -0.15) is 0 Å². The van der Waals surface area contributed by atoms with Crippen molar-refractivity contribution in [3.05, 3.63) is 66.0 Å². The van der Waals surface area contributed by atoms with Gasteiger partial charge in [-0.3, -0.25) is 4.79 Å². The summed E-state index contributed by atoms with van der Waals surface area (Å²) in [5.41, 5.74) is 4.03. The first-order valence-electron chi connectivity index (χ1n) is 10.0. The van der Waals surface area contributed by atoms with Gasteiger partial charge in [0.1, 0.15) is 17.5 Å². The van der Waals surface area contributed by atoms with Crippen LogP contribution < -0.4 is 5.32 Å². The fourth-order valence-electron chi connectivity index (χ4n) is 3.70. The maximum absolute atomic E-state index is 13.9. The molecule has 0 aliphatic heterocycles. The predicted molar refractivity (Wildman–Crippen MR) is 119 cm³/mol. The third-order valence-corrected chi connectivity index (χ3v) is 5.13. The second-order valence-corrected chi connectivity index (χ2v) is 8.43. The molecule has 0 saturated carbocycles. The summed E-state index contributed by atoms with van der Waals surface area (Å²) in [5, 5.41) is 2.59. The van der Waals surface area contributed by atoms with E-state index in [-0.39, 0.29) is 17.0 Å². The van der Waals surface area contributed by atoms with Crippen LogP contribution in [-0.2, 0) is 5.54 Å². The first-order valence-corrected chi connectivity index (χ1v) is 10.0. The SMILES string of the molecule is CNC(=O)c1cc(F)ccc1-c1nc2cc(-c3cnc(C)nc3)ccc2n1C(C)(C)C. The Balaban J connectivity index is 1.98. The average Bonchev–Trinajstić information content (AvgIpc) is 3.12. The Morgan fingerprint density at radius 2 is 1.74 bits per heavy atom. The molecule has 2 aromatic heterocycles. The summed E-state index contributed by atoms with van der Waals surface area (Å²) in [6.07, 6.45) is 3.57. The van der Waals surface area contributed by atoms with Crippen LogP contribution in [0.4, 0.5) is 4.39 Å². The molecule has 1 amide bonds. The number of halogens is 1. The number of amides is 1. The number of nitrogens with one attached hydrogen (secondary N) is 1. The molecule has 2 aromatic carbocycles. The molecule has 6 nitrogen and oxygen atoms in total. The Kier molecular flexibility index (Phi) is 5.05. The van der Waals surface area contributed by atoms with Crippen LogP contribution in [0.25, 0.3) is 33.5 Å². The standard InChI is InChI=1S/C24H24FN5O/c1-14-27-12-16(13-28-14)15-6-9-21-20(10-15)29-22(30(21)24(2,3)4)18-8-7-17(25)11-19(18)23(31)26-5/h6-13H,1-5H3,(H,26,31). The number of imidazole rings is 1. The molecule has 1 N–H and O–H groups in total. The predicted octanol–water partition coefficient (Wildman–Crippen LogP) is 4.72. The molecule has 0 fully saturated rings. The Morgan fingerprint density at radius 1 is 1.03 bits per heavy atom. The second kappa shape index (κ2) is 7.58. The van der Waals surface area contributed by atoms with E-state index >= 15 is 0 Å². The Labute approximate surface area is 180 Å². The molecule has 2 heterocycles. The van der Waals surface area contributed by atoms with Crippen LogP contribution in [-0.4, -0.2) is 32.5 Å². The van der Waals surface area contributed by atoms with Gasteiger partial charge in [-0.25, -0.2) is 19.3 Å². The summed E-state index contributed by atoms with van der Waals surface area (Å²) >= 11 is 0. The number of nitrogens with zero attached hydrogens (tertiary/aromatic N) is 4. The van der Waals surface area contributed by atoms with E-state index in [1.165, 1.54) is 19.2 Å². The number of fused-ring (bicyclic) bond motifs is 1. The van der Waals surface area contributed by atoms with Gasteiger partial charge in [-0.15, -0.1) is 0 Å². The number of benzene rings is 2. The Morgan fingerprint density at radius 3 is 2.39 bits per heavy atom. The van der Waals surface area contributed by atoms with Crippen molar-refractivity contribution >= 4 is 16.9 Å². The molecular weight excluding hydrogens is 393 g/mol. The van der Waals surface area contributed by atoms with Crippen LogP contribution in [0.15, 0.2) is 48.8 Å². The maximum Gasteiger partial charge on any atom is 0.251 e. The van der Waals surface area contributed by atoms with Crippen molar-refractivity contribution in [2.24, 2.45) is 0 Å². The van der Waals surface area contributed by atoms with Crippen LogP contribution in [0.1, 0.15) is 37.0 Å². The molecule has 0 atom stereocenters. The van der Waals surface area contributed by atoms with Crippen molar-refractivity contribution in [1.29, 1.82) is 0 Å². The number of rotatable bonds is 3. The average molecular weight is 417 g/mol. The van der Waals surface area contributed by atoms with E-state index in [2.05, 4.69) is 40.6 Å².